The second kappa shape index (κ2) is 7.29. The second-order valence-electron chi connectivity index (χ2n) is 6.81. The largest absolute Gasteiger partial charge is 0.354 e. The zero-order valence-corrected chi connectivity index (χ0v) is 15.7. The number of aromatic amines is 2. The second-order valence-corrected chi connectivity index (χ2v) is 6.81. The summed E-state index contributed by atoms with van der Waals surface area (Å²) in [7, 11) is 0. The maximum absolute atomic E-state index is 12.3. The van der Waals surface area contributed by atoms with E-state index in [-0.39, 0.29) is 5.91 Å². The highest BCUT2D eigenvalue weighted by Gasteiger charge is 2.21. The Labute approximate surface area is 152 Å². The third-order valence-electron chi connectivity index (χ3n) is 4.90. The van der Waals surface area contributed by atoms with Crippen molar-refractivity contribution in [3.8, 4) is 0 Å². The van der Waals surface area contributed by atoms with Crippen molar-refractivity contribution in [1.29, 1.82) is 0 Å². The molecular formula is C19H26N6O. The van der Waals surface area contributed by atoms with Crippen LogP contribution in [-0.4, -0.2) is 32.6 Å². The molecule has 26 heavy (non-hydrogen) atoms. The minimum atomic E-state index is -0.703. The highest BCUT2D eigenvalue weighted by Crippen LogP contribution is 2.20. The van der Waals surface area contributed by atoms with Crippen LogP contribution in [0.25, 0.3) is 11.0 Å². The number of carbonyl (C=O) groups is 1. The van der Waals surface area contributed by atoms with Crippen molar-refractivity contribution in [1.82, 2.24) is 25.5 Å². The van der Waals surface area contributed by atoms with Crippen LogP contribution < -0.4 is 11.1 Å². The molecule has 2 aromatic heterocycles. The third kappa shape index (κ3) is 3.48. The van der Waals surface area contributed by atoms with Gasteiger partial charge in [-0.25, -0.2) is 4.98 Å². The smallest absolute Gasteiger partial charge is 0.241 e. The Morgan fingerprint density at radius 3 is 2.73 bits per heavy atom. The van der Waals surface area contributed by atoms with Gasteiger partial charge in [-0.3, -0.25) is 9.89 Å². The van der Waals surface area contributed by atoms with E-state index in [1.165, 1.54) is 11.1 Å². The molecule has 1 aromatic carbocycles. The quantitative estimate of drug-likeness (QED) is 0.509. The molecule has 7 nitrogen and oxygen atoms in total. The molecule has 1 amide bonds. The topological polar surface area (TPSA) is 112 Å². The maximum Gasteiger partial charge on any atom is 0.241 e. The molecule has 0 unspecified atom stereocenters. The van der Waals surface area contributed by atoms with Gasteiger partial charge in [0, 0.05) is 24.2 Å². The number of aromatic nitrogens is 4. The molecule has 2 heterocycles. The lowest BCUT2D eigenvalue weighted by molar-refractivity contribution is -0.122. The predicted octanol–water partition coefficient (Wildman–Crippen LogP) is 2.27. The summed E-state index contributed by atoms with van der Waals surface area (Å²) in [5, 5.41) is 9.85. The molecule has 0 aliphatic carbocycles. The zero-order chi connectivity index (χ0) is 18.8. The van der Waals surface area contributed by atoms with E-state index in [1.54, 1.807) is 0 Å². The van der Waals surface area contributed by atoms with Crippen molar-refractivity contribution in [2.45, 2.75) is 46.6 Å². The first-order chi connectivity index (χ1) is 12.4. The Bertz CT molecular complexity index is 920. The Balaban J connectivity index is 1.54. The van der Waals surface area contributed by atoms with Crippen molar-refractivity contribution in [3.05, 3.63) is 46.0 Å². The number of nitrogens with zero attached hydrogens (tertiary/aromatic N) is 2. The van der Waals surface area contributed by atoms with Gasteiger partial charge >= 0.3 is 0 Å². The molecule has 0 saturated carbocycles. The van der Waals surface area contributed by atoms with Crippen LogP contribution in [0.2, 0.25) is 0 Å². The van der Waals surface area contributed by atoms with Gasteiger partial charge in [-0.15, -0.1) is 0 Å². The molecule has 3 rings (SSSR count). The molecule has 0 aliphatic heterocycles. The van der Waals surface area contributed by atoms with Gasteiger partial charge in [0.25, 0.3) is 0 Å². The van der Waals surface area contributed by atoms with Crippen LogP contribution in [0.4, 0.5) is 0 Å². The molecule has 7 heteroatoms. The molecule has 0 saturated heterocycles. The summed E-state index contributed by atoms with van der Waals surface area (Å²) >= 11 is 0. The van der Waals surface area contributed by atoms with Gasteiger partial charge in [0.15, 0.2) is 0 Å². The van der Waals surface area contributed by atoms with Gasteiger partial charge < -0.3 is 16.0 Å². The number of hydrogen-bond donors (Lipinski definition) is 4. The fourth-order valence-corrected chi connectivity index (χ4v) is 3.21. The molecule has 5 N–H and O–H groups in total. The summed E-state index contributed by atoms with van der Waals surface area (Å²) < 4.78 is 0. The summed E-state index contributed by atoms with van der Waals surface area (Å²) in [6.45, 7) is 8.44. The third-order valence-corrected chi connectivity index (χ3v) is 4.90. The number of nitrogens with two attached hydrogens (primary N) is 1. The molecular weight excluding hydrogens is 328 g/mol. The highest BCUT2D eigenvalue weighted by atomic mass is 16.2. The van der Waals surface area contributed by atoms with E-state index < -0.39 is 6.04 Å². The minimum Gasteiger partial charge on any atom is -0.354 e. The lowest BCUT2D eigenvalue weighted by Crippen LogP contribution is -2.35. The fraction of sp³-hybridized carbons (Fsp3) is 0.421. The van der Waals surface area contributed by atoms with E-state index in [4.69, 9.17) is 5.73 Å². The Morgan fingerprint density at radius 2 is 2.04 bits per heavy atom. The molecule has 1 atom stereocenters. The number of fused-ring (bicyclic) bond motifs is 1. The number of carbonyl (C=O) groups excluding carboxylic acids is 1. The Morgan fingerprint density at radius 1 is 1.27 bits per heavy atom. The van der Waals surface area contributed by atoms with Crippen molar-refractivity contribution in [2.24, 2.45) is 5.73 Å². The van der Waals surface area contributed by atoms with Gasteiger partial charge in [0.1, 0.15) is 11.9 Å². The van der Waals surface area contributed by atoms with Crippen molar-refractivity contribution in [3.63, 3.8) is 0 Å². The van der Waals surface area contributed by atoms with Gasteiger partial charge in [-0.05, 0) is 51.3 Å². The van der Waals surface area contributed by atoms with Crippen LogP contribution in [0.15, 0.2) is 12.1 Å². The van der Waals surface area contributed by atoms with E-state index in [2.05, 4.69) is 51.5 Å². The first kappa shape index (κ1) is 18.1. The van der Waals surface area contributed by atoms with E-state index in [1.807, 2.05) is 13.8 Å². The number of benzene rings is 1. The molecule has 0 fully saturated rings. The van der Waals surface area contributed by atoms with Crippen LogP contribution in [0.5, 0.6) is 0 Å². The van der Waals surface area contributed by atoms with E-state index >= 15 is 0 Å². The van der Waals surface area contributed by atoms with E-state index in [0.29, 0.717) is 6.54 Å². The molecule has 0 radical (unpaired) electrons. The summed E-state index contributed by atoms with van der Waals surface area (Å²) in [6, 6.07) is 3.46. The lowest BCUT2D eigenvalue weighted by Gasteiger charge is -2.12. The number of aryl methyl sites for hydroxylation is 5. The van der Waals surface area contributed by atoms with Crippen LogP contribution in [-0.2, 0) is 11.2 Å². The SMILES string of the molecule is Cc1ccc2[nH]c(CCCNC(=O)[C@@H](N)c3c(C)n[nH]c3C)nc2c1C. The molecule has 138 valence electrons. The van der Waals surface area contributed by atoms with E-state index in [9.17, 15) is 4.79 Å². The minimum absolute atomic E-state index is 0.186. The maximum atomic E-state index is 12.3. The van der Waals surface area contributed by atoms with Crippen LogP contribution in [0.3, 0.4) is 0 Å². The lowest BCUT2D eigenvalue weighted by atomic mass is 10.1. The first-order valence-electron chi connectivity index (χ1n) is 8.88. The van der Waals surface area contributed by atoms with E-state index in [0.717, 1.165) is 46.7 Å². The average Bonchev–Trinajstić information content (AvgIpc) is 3.18. The zero-order valence-electron chi connectivity index (χ0n) is 15.7. The summed E-state index contributed by atoms with van der Waals surface area (Å²) in [6.07, 6.45) is 1.56. The Hall–Kier alpha value is -2.67. The number of hydrogen-bond acceptors (Lipinski definition) is 4. The highest BCUT2D eigenvalue weighted by molar-refractivity contribution is 5.83. The van der Waals surface area contributed by atoms with Gasteiger partial charge in [-0.1, -0.05) is 6.07 Å². The number of H-pyrrole nitrogens is 2. The first-order valence-corrected chi connectivity index (χ1v) is 8.88. The van der Waals surface area contributed by atoms with Crippen molar-refractivity contribution in [2.75, 3.05) is 6.54 Å². The number of nitrogens with one attached hydrogen (secondary N) is 3. The molecule has 0 aliphatic rings. The standard InChI is InChI=1S/C19H26N6O/c1-10-7-8-14-18(11(10)2)23-15(22-14)6-5-9-21-19(26)17(20)16-12(3)24-25-13(16)4/h7-8,17H,5-6,9,20H2,1-4H3,(H,21,26)(H,22,23)(H,24,25)/t17-/m0/s1. The number of rotatable bonds is 6. The summed E-state index contributed by atoms with van der Waals surface area (Å²) in [4.78, 5) is 20.3. The van der Waals surface area contributed by atoms with Gasteiger partial charge in [0.2, 0.25) is 5.91 Å². The summed E-state index contributed by atoms with van der Waals surface area (Å²) in [5.41, 5.74) is 13.0. The monoisotopic (exact) mass is 354 g/mol. The van der Waals surface area contributed by atoms with Crippen LogP contribution >= 0.6 is 0 Å². The normalized spacial score (nSPS) is 12.5. The fourth-order valence-electron chi connectivity index (χ4n) is 3.21. The predicted molar refractivity (Wildman–Crippen MR) is 102 cm³/mol. The Kier molecular flexibility index (Phi) is 5.08. The van der Waals surface area contributed by atoms with Crippen LogP contribution in [0, 0.1) is 27.7 Å². The van der Waals surface area contributed by atoms with Crippen molar-refractivity contribution >= 4 is 16.9 Å². The average molecular weight is 354 g/mol. The molecule has 0 bridgehead atoms. The number of amides is 1. The van der Waals surface area contributed by atoms with Crippen LogP contribution in [0.1, 0.15) is 46.4 Å². The number of imidazole rings is 1. The van der Waals surface area contributed by atoms with Gasteiger partial charge in [0.05, 0.1) is 16.7 Å². The van der Waals surface area contributed by atoms with Gasteiger partial charge in [-0.2, -0.15) is 5.10 Å². The summed E-state index contributed by atoms with van der Waals surface area (Å²) in [5.74, 6) is 0.752. The molecule has 3 aromatic rings. The van der Waals surface area contributed by atoms with Crippen molar-refractivity contribution < 1.29 is 4.79 Å². The molecule has 0 spiro atoms.